The Morgan fingerprint density at radius 1 is 1.28 bits per heavy atom. The Kier molecular flexibility index (Phi) is 3.81. The van der Waals surface area contributed by atoms with Crippen molar-refractivity contribution in [2.24, 2.45) is 7.05 Å². The third-order valence-electron chi connectivity index (χ3n) is 3.41. The molecule has 2 aromatic heterocycles. The highest BCUT2D eigenvalue weighted by atomic mass is 15.3. The fraction of sp³-hybridized carbons (Fsp3) is 0.538. The number of hydrogen-bond donors (Lipinski definition) is 1. The summed E-state index contributed by atoms with van der Waals surface area (Å²) in [7, 11) is 1.98. The Balaban J connectivity index is 1.96. The SMILES string of the molecule is CCn1cncc1CNCc1c(C)nn(C)c1C. The molecule has 0 fully saturated rings. The van der Waals surface area contributed by atoms with Crippen LogP contribution in [-0.4, -0.2) is 19.3 Å². The minimum Gasteiger partial charge on any atom is -0.334 e. The van der Waals surface area contributed by atoms with Crippen LogP contribution in [0.1, 0.15) is 29.6 Å². The van der Waals surface area contributed by atoms with Crippen LogP contribution in [0.15, 0.2) is 12.5 Å². The van der Waals surface area contributed by atoms with E-state index < -0.39 is 0 Å². The Labute approximate surface area is 108 Å². The van der Waals surface area contributed by atoms with E-state index in [-0.39, 0.29) is 0 Å². The molecule has 0 radical (unpaired) electrons. The van der Waals surface area contributed by atoms with Crippen LogP contribution in [0.5, 0.6) is 0 Å². The fourth-order valence-corrected chi connectivity index (χ4v) is 2.17. The van der Waals surface area contributed by atoms with Gasteiger partial charge in [0.1, 0.15) is 0 Å². The summed E-state index contributed by atoms with van der Waals surface area (Å²) >= 11 is 0. The molecule has 98 valence electrons. The van der Waals surface area contributed by atoms with Crippen molar-refractivity contribution in [3.63, 3.8) is 0 Å². The van der Waals surface area contributed by atoms with Crippen LogP contribution in [0.3, 0.4) is 0 Å². The third kappa shape index (κ3) is 2.46. The van der Waals surface area contributed by atoms with Gasteiger partial charge in [0, 0.05) is 44.1 Å². The molecule has 0 aliphatic heterocycles. The maximum Gasteiger partial charge on any atom is 0.0948 e. The minimum absolute atomic E-state index is 0.835. The van der Waals surface area contributed by atoms with Gasteiger partial charge in [0.25, 0.3) is 0 Å². The summed E-state index contributed by atoms with van der Waals surface area (Å²) in [5.41, 5.74) is 4.84. The quantitative estimate of drug-likeness (QED) is 0.872. The molecule has 5 nitrogen and oxygen atoms in total. The highest BCUT2D eigenvalue weighted by Gasteiger charge is 2.08. The first-order chi connectivity index (χ1) is 8.63. The van der Waals surface area contributed by atoms with Gasteiger partial charge in [-0.2, -0.15) is 5.10 Å². The lowest BCUT2D eigenvalue weighted by atomic mass is 10.2. The Morgan fingerprint density at radius 2 is 2.06 bits per heavy atom. The number of nitrogens with zero attached hydrogens (tertiary/aromatic N) is 4. The van der Waals surface area contributed by atoms with E-state index >= 15 is 0 Å². The molecule has 2 rings (SSSR count). The zero-order valence-corrected chi connectivity index (χ0v) is 11.6. The van der Waals surface area contributed by atoms with Gasteiger partial charge in [-0.05, 0) is 20.8 Å². The van der Waals surface area contributed by atoms with E-state index in [4.69, 9.17) is 0 Å². The van der Waals surface area contributed by atoms with Crippen LogP contribution >= 0.6 is 0 Å². The molecule has 0 aliphatic carbocycles. The van der Waals surface area contributed by atoms with Gasteiger partial charge in [0.05, 0.1) is 17.7 Å². The molecular weight excluding hydrogens is 226 g/mol. The molecule has 0 aromatic carbocycles. The average molecular weight is 247 g/mol. The van der Waals surface area contributed by atoms with Gasteiger partial charge in [-0.25, -0.2) is 4.98 Å². The second-order valence-corrected chi connectivity index (χ2v) is 4.55. The van der Waals surface area contributed by atoms with E-state index in [0.29, 0.717) is 0 Å². The van der Waals surface area contributed by atoms with Gasteiger partial charge in [-0.1, -0.05) is 0 Å². The molecule has 0 spiro atoms. The zero-order valence-electron chi connectivity index (χ0n) is 11.6. The predicted octanol–water partition coefficient (Wildman–Crippen LogP) is 1.54. The number of nitrogens with one attached hydrogen (secondary N) is 1. The standard InChI is InChI=1S/C13H21N5/c1-5-18-9-15-7-12(18)6-14-8-13-10(2)16-17(4)11(13)3/h7,9,14H,5-6,8H2,1-4H3. The topological polar surface area (TPSA) is 47.7 Å². The van der Waals surface area contributed by atoms with Gasteiger partial charge >= 0.3 is 0 Å². The van der Waals surface area contributed by atoms with E-state index in [1.807, 2.05) is 24.3 Å². The average Bonchev–Trinajstić information content (AvgIpc) is 2.89. The van der Waals surface area contributed by atoms with Crippen molar-refractivity contribution < 1.29 is 0 Å². The summed E-state index contributed by atoms with van der Waals surface area (Å²) < 4.78 is 4.08. The van der Waals surface area contributed by atoms with Gasteiger partial charge in [0.2, 0.25) is 0 Å². The van der Waals surface area contributed by atoms with Crippen LogP contribution < -0.4 is 5.32 Å². The number of aromatic nitrogens is 4. The van der Waals surface area contributed by atoms with E-state index in [9.17, 15) is 0 Å². The molecular formula is C13H21N5. The first kappa shape index (κ1) is 12.8. The summed E-state index contributed by atoms with van der Waals surface area (Å²) in [4.78, 5) is 4.16. The fourth-order valence-electron chi connectivity index (χ4n) is 2.17. The maximum absolute atomic E-state index is 4.42. The van der Waals surface area contributed by atoms with Crippen molar-refractivity contribution in [3.8, 4) is 0 Å². The Bertz CT molecular complexity index is 523. The van der Waals surface area contributed by atoms with Gasteiger partial charge in [0.15, 0.2) is 0 Å². The molecule has 5 heteroatoms. The summed E-state index contributed by atoms with van der Waals surface area (Å²) in [5, 5.41) is 7.88. The summed E-state index contributed by atoms with van der Waals surface area (Å²) in [6.07, 6.45) is 3.79. The zero-order chi connectivity index (χ0) is 13.1. The third-order valence-corrected chi connectivity index (χ3v) is 3.41. The van der Waals surface area contributed by atoms with E-state index in [2.05, 4.69) is 40.7 Å². The number of hydrogen-bond acceptors (Lipinski definition) is 3. The van der Waals surface area contributed by atoms with Gasteiger partial charge in [-0.3, -0.25) is 4.68 Å². The highest BCUT2D eigenvalue weighted by molar-refractivity contribution is 5.24. The lowest BCUT2D eigenvalue weighted by Crippen LogP contribution is -2.16. The number of aryl methyl sites for hydroxylation is 3. The lowest BCUT2D eigenvalue weighted by Gasteiger charge is -2.07. The predicted molar refractivity (Wildman–Crippen MR) is 71.1 cm³/mol. The lowest BCUT2D eigenvalue weighted by molar-refractivity contribution is 0.625. The number of rotatable bonds is 5. The first-order valence-corrected chi connectivity index (χ1v) is 6.32. The van der Waals surface area contributed by atoms with Crippen molar-refractivity contribution in [2.45, 2.75) is 40.4 Å². The number of imidazole rings is 1. The molecule has 0 aliphatic rings. The molecule has 2 heterocycles. The van der Waals surface area contributed by atoms with Gasteiger partial charge < -0.3 is 9.88 Å². The monoisotopic (exact) mass is 247 g/mol. The molecule has 2 aromatic rings. The molecule has 0 atom stereocenters. The Hall–Kier alpha value is -1.62. The molecule has 1 N–H and O–H groups in total. The highest BCUT2D eigenvalue weighted by Crippen LogP contribution is 2.11. The molecule has 0 saturated carbocycles. The summed E-state index contributed by atoms with van der Waals surface area (Å²) in [5.74, 6) is 0. The van der Waals surface area contributed by atoms with Crippen molar-refractivity contribution in [3.05, 3.63) is 35.2 Å². The Morgan fingerprint density at radius 3 is 2.67 bits per heavy atom. The van der Waals surface area contributed by atoms with Crippen LogP contribution in [0.4, 0.5) is 0 Å². The van der Waals surface area contributed by atoms with E-state index in [0.717, 1.165) is 25.3 Å². The van der Waals surface area contributed by atoms with Crippen LogP contribution in [0.25, 0.3) is 0 Å². The molecule has 0 amide bonds. The van der Waals surface area contributed by atoms with Crippen LogP contribution in [0.2, 0.25) is 0 Å². The molecule has 0 saturated heterocycles. The van der Waals surface area contributed by atoms with Crippen molar-refractivity contribution in [2.75, 3.05) is 0 Å². The molecule has 18 heavy (non-hydrogen) atoms. The first-order valence-electron chi connectivity index (χ1n) is 6.32. The second-order valence-electron chi connectivity index (χ2n) is 4.55. The summed E-state index contributed by atoms with van der Waals surface area (Å²) in [6, 6.07) is 0. The van der Waals surface area contributed by atoms with Crippen LogP contribution in [0, 0.1) is 13.8 Å². The van der Waals surface area contributed by atoms with Crippen molar-refractivity contribution >= 4 is 0 Å². The normalized spacial score (nSPS) is 11.1. The van der Waals surface area contributed by atoms with Crippen LogP contribution in [-0.2, 0) is 26.7 Å². The largest absolute Gasteiger partial charge is 0.334 e. The smallest absolute Gasteiger partial charge is 0.0948 e. The summed E-state index contributed by atoms with van der Waals surface area (Å²) in [6.45, 7) is 8.93. The van der Waals surface area contributed by atoms with Crippen molar-refractivity contribution in [1.29, 1.82) is 0 Å². The van der Waals surface area contributed by atoms with E-state index in [1.54, 1.807) is 0 Å². The maximum atomic E-state index is 4.42. The second kappa shape index (κ2) is 5.35. The van der Waals surface area contributed by atoms with E-state index in [1.165, 1.54) is 17.0 Å². The molecule has 0 bridgehead atoms. The minimum atomic E-state index is 0.835. The molecule has 0 unspecified atom stereocenters. The van der Waals surface area contributed by atoms with Gasteiger partial charge in [-0.15, -0.1) is 0 Å². The van der Waals surface area contributed by atoms with Crippen molar-refractivity contribution in [1.82, 2.24) is 24.6 Å².